The standard InChI is InChI=1S/C10H6F4N2O/c1-16(9(17)10(12,13)14)8-4-2-3-7(11)6(8)5-15/h2-4H,1H3. The van der Waals surface area contributed by atoms with Gasteiger partial charge < -0.3 is 4.90 Å². The van der Waals surface area contributed by atoms with Crippen LogP contribution in [-0.2, 0) is 4.79 Å². The van der Waals surface area contributed by atoms with E-state index in [1.165, 1.54) is 6.07 Å². The van der Waals surface area contributed by atoms with Gasteiger partial charge in [0, 0.05) is 7.05 Å². The highest BCUT2D eigenvalue weighted by Gasteiger charge is 2.42. The molecule has 0 heterocycles. The average molecular weight is 246 g/mol. The van der Waals surface area contributed by atoms with E-state index in [1.807, 2.05) is 0 Å². The van der Waals surface area contributed by atoms with Crippen LogP contribution in [0.1, 0.15) is 5.56 Å². The summed E-state index contributed by atoms with van der Waals surface area (Å²) in [4.78, 5) is 11.1. The monoisotopic (exact) mass is 246 g/mol. The van der Waals surface area contributed by atoms with E-state index in [0.29, 0.717) is 0 Å². The first-order chi connectivity index (χ1) is 7.79. The number of benzene rings is 1. The number of anilines is 1. The van der Waals surface area contributed by atoms with Gasteiger partial charge in [-0.25, -0.2) is 4.39 Å². The Morgan fingerprint density at radius 3 is 2.47 bits per heavy atom. The van der Waals surface area contributed by atoms with Gasteiger partial charge in [-0.1, -0.05) is 6.07 Å². The molecule has 0 fully saturated rings. The fraction of sp³-hybridized carbons (Fsp3) is 0.200. The highest BCUT2D eigenvalue weighted by atomic mass is 19.4. The molecule has 0 unspecified atom stereocenters. The highest BCUT2D eigenvalue weighted by molar-refractivity contribution is 5.97. The summed E-state index contributed by atoms with van der Waals surface area (Å²) < 4.78 is 49.6. The molecule has 1 aromatic carbocycles. The Kier molecular flexibility index (Phi) is 3.36. The Labute approximate surface area is 93.9 Å². The lowest BCUT2D eigenvalue weighted by atomic mass is 10.1. The van der Waals surface area contributed by atoms with Gasteiger partial charge in [-0.15, -0.1) is 0 Å². The predicted molar refractivity (Wildman–Crippen MR) is 50.6 cm³/mol. The number of halogens is 4. The van der Waals surface area contributed by atoms with Crippen LogP contribution in [0.5, 0.6) is 0 Å². The van der Waals surface area contributed by atoms with Crippen molar-refractivity contribution in [2.24, 2.45) is 0 Å². The zero-order valence-corrected chi connectivity index (χ0v) is 8.55. The SMILES string of the molecule is CN(C(=O)C(F)(F)F)c1cccc(F)c1C#N. The van der Waals surface area contributed by atoms with Crippen LogP contribution in [0.15, 0.2) is 18.2 Å². The fourth-order valence-corrected chi connectivity index (χ4v) is 1.20. The molecule has 3 nitrogen and oxygen atoms in total. The van der Waals surface area contributed by atoms with Crippen molar-refractivity contribution >= 4 is 11.6 Å². The van der Waals surface area contributed by atoms with Crippen LogP contribution in [0.3, 0.4) is 0 Å². The van der Waals surface area contributed by atoms with Gasteiger partial charge >= 0.3 is 12.1 Å². The van der Waals surface area contributed by atoms with Crippen molar-refractivity contribution in [3.05, 3.63) is 29.6 Å². The van der Waals surface area contributed by atoms with Crippen molar-refractivity contribution in [1.82, 2.24) is 0 Å². The lowest BCUT2D eigenvalue weighted by Crippen LogP contribution is -2.38. The number of amides is 1. The molecule has 90 valence electrons. The van der Waals surface area contributed by atoms with Crippen LogP contribution in [0.4, 0.5) is 23.2 Å². The van der Waals surface area contributed by atoms with E-state index < -0.39 is 29.2 Å². The first kappa shape index (κ1) is 13.0. The largest absolute Gasteiger partial charge is 0.471 e. The quantitative estimate of drug-likeness (QED) is 0.713. The van der Waals surface area contributed by atoms with Crippen molar-refractivity contribution in [2.45, 2.75) is 6.18 Å². The molecular weight excluding hydrogens is 240 g/mol. The normalized spacial score (nSPS) is 10.8. The van der Waals surface area contributed by atoms with E-state index in [-0.39, 0.29) is 4.90 Å². The summed E-state index contributed by atoms with van der Waals surface area (Å²) in [7, 11) is 0.825. The second-order valence-electron chi connectivity index (χ2n) is 3.11. The summed E-state index contributed by atoms with van der Waals surface area (Å²) in [6.07, 6.45) is -5.08. The van der Waals surface area contributed by atoms with E-state index in [2.05, 4.69) is 0 Å². The van der Waals surface area contributed by atoms with Gasteiger partial charge in [-0.3, -0.25) is 4.79 Å². The molecule has 0 aliphatic heterocycles. The Morgan fingerprint density at radius 1 is 1.41 bits per heavy atom. The van der Waals surface area contributed by atoms with E-state index in [4.69, 9.17) is 5.26 Å². The molecule has 0 bridgehead atoms. The molecule has 0 saturated heterocycles. The molecule has 0 aliphatic carbocycles. The van der Waals surface area contributed by atoms with E-state index >= 15 is 0 Å². The average Bonchev–Trinajstić information content (AvgIpc) is 2.25. The van der Waals surface area contributed by atoms with Crippen LogP contribution in [-0.4, -0.2) is 19.1 Å². The van der Waals surface area contributed by atoms with Crippen molar-refractivity contribution in [3.8, 4) is 6.07 Å². The molecule has 0 aromatic heterocycles. The second-order valence-corrected chi connectivity index (χ2v) is 3.11. The molecule has 0 saturated carbocycles. The number of rotatable bonds is 1. The third-order valence-corrected chi connectivity index (χ3v) is 2.01. The van der Waals surface area contributed by atoms with Gasteiger partial charge in [0.25, 0.3) is 0 Å². The molecular formula is C10H6F4N2O. The van der Waals surface area contributed by atoms with Gasteiger partial charge in [-0.2, -0.15) is 18.4 Å². The van der Waals surface area contributed by atoms with Crippen molar-refractivity contribution in [2.75, 3.05) is 11.9 Å². The first-order valence-electron chi connectivity index (χ1n) is 4.32. The minimum atomic E-state index is -5.08. The summed E-state index contributed by atoms with van der Waals surface area (Å²) in [5, 5.41) is 8.62. The lowest BCUT2D eigenvalue weighted by Gasteiger charge is -2.19. The molecule has 0 radical (unpaired) electrons. The van der Waals surface area contributed by atoms with Gasteiger partial charge in [0.1, 0.15) is 17.4 Å². The number of alkyl halides is 3. The topological polar surface area (TPSA) is 44.1 Å². The number of carbonyl (C=O) groups excluding carboxylic acids is 1. The van der Waals surface area contributed by atoms with Crippen LogP contribution in [0, 0.1) is 17.1 Å². The van der Waals surface area contributed by atoms with Crippen molar-refractivity contribution < 1.29 is 22.4 Å². The first-order valence-corrected chi connectivity index (χ1v) is 4.32. The second kappa shape index (κ2) is 4.41. The predicted octanol–water partition coefficient (Wildman–Crippen LogP) is 2.22. The number of carbonyl (C=O) groups is 1. The van der Waals surface area contributed by atoms with Crippen LogP contribution >= 0.6 is 0 Å². The van der Waals surface area contributed by atoms with Crippen molar-refractivity contribution in [1.29, 1.82) is 5.26 Å². The van der Waals surface area contributed by atoms with E-state index in [9.17, 15) is 22.4 Å². The highest BCUT2D eigenvalue weighted by Crippen LogP contribution is 2.26. The Morgan fingerprint density at radius 2 is 2.00 bits per heavy atom. The third-order valence-electron chi connectivity index (χ3n) is 2.01. The summed E-state index contributed by atoms with van der Waals surface area (Å²) >= 11 is 0. The molecule has 17 heavy (non-hydrogen) atoms. The lowest BCUT2D eigenvalue weighted by molar-refractivity contribution is -0.170. The van der Waals surface area contributed by atoms with Crippen LogP contribution in [0.2, 0.25) is 0 Å². The molecule has 1 amide bonds. The maximum absolute atomic E-state index is 13.1. The van der Waals surface area contributed by atoms with Gasteiger partial charge in [-0.05, 0) is 12.1 Å². The maximum Gasteiger partial charge on any atom is 0.471 e. The molecule has 0 spiro atoms. The third kappa shape index (κ3) is 2.53. The zero-order valence-electron chi connectivity index (χ0n) is 8.55. The fourth-order valence-electron chi connectivity index (χ4n) is 1.20. The Balaban J connectivity index is 3.23. The van der Waals surface area contributed by atoms with Gasteiger partial charge in [0.2, 0.25) is 0 Å². The smallest absolute Gasteiger partial charge is 0.306 e. The number of nitriles is 1. The van der Waals surface area contributed by atoms with E-state index in [0.717, 1.165) is 25.2 Å². The maximum atomic E-state index is 13.1. The zero-order chi connectivity index (χ0) is 13.2. The summed E-state index contributed by atoms with van der Waals surface area (Å²) in [5.74, 6) is -3.15. The van der Waals surface area contributed by atoms with Crippen LogP contribution < -0.4 is 4.90 Å². The number of nitrogens with zero attached hydrogens (tertiary/aromatic N) is 2. The minimum Gasteiger partial charge on any atom is -0.306 e. The molecule has 1 rings (SSSR count). The molecule has 0 atom stereocenters. The van der Waals surface area contributed by atoms with Gasteiger partial charge in [0.15, 0.2) is 0 Å². The Hall–Kier alpha value is -2.10. The summed E-state index contributed by atoms with van der Waals surface area (Å²) in [5.41, 5.74) is -1.03. The number of hydrogen-bond donors (Lipinski definition) is 0. The Bertz CT molecular complexity index is 490. The number of hydrogen-bond acceptors (Lipinski definition) is 2. The minimum absolute atomic E-state index is 0.196. The molecule has 0 N–H and O–H groups in total. The van der Waals surface area contributed by atoms with E-state index in [1.54, 1.807) is 0 Å². The molecule has 0 aliphatic rings. The molecule has 1 aromatic rings. The molecule has 7 heteroatoms. The van der Waals surface area contributed by atoms with Crippen molar-refractivity contribution in [3.63, 3.8) is 0 Å². The summed E-state index contributed by atoms with van der Waals surface area (Å²) in [6, 6.07) is 4.52. The van der Waals surface area contributed by atoms with Crippen LogP contribution in [0.25, 0.3) is 0 Å². The summed E-state index contributed by atoms with van der Waals surface area (Å²) in [6.45, 7) is 0. The van der Waals surface area contributed by atoms with Gasteiger partial charge in [0.05, 0.1) is 5.69 Å².